The maximum atomic E-state index is 8.69. The average molecular weight is 149 g/mol. The van der Waals surface area contributed by atoms with Gasteiger partial charge in [-0.05, 0) is 12.1 Å². The summed E-state index contributed by atoms with van der Waals surface area (Å²) in [5, 5.41) is 25.8. The normalized spacial score (nSPS) is 9.64. The van der Waals surface area contributed by atoms with Crippen LogP contribution >= 0.6 is 0 Å². The molecule has 0 aliphatic rings. The highest BCUT2D eigenvalue weighted by molar-refractivity contribution is 5.32. The molecule has 0 aromatic heterocycles. The highest BCUT2D eigenvalue weighted by atomic mass is 16.5. The van der Waals surface area contributed by atoms with Crippen molar-refractivity contribution in [2.75, 3.05) is 0 Å². The van der Waals surface area contributed by atoms with Gasteiger partial charge in [0.15, 0.2) is 6.29 Å². The maximum Gasteiger partial charge on any atom is 0.178 e. The van der Waals surface area contributed by atoms with Crippen LogP contribution in [-0.2, 0) is 0 Å². The second-order valence-electron chi connectivity index (χ2n) is 2.11. The fraction of sp³-hybridized carbons (Fsp3) is 0.125. The van der Waals surface area contributed by atoms with Crippen LogP contribution in [0, 0.1) is 11.3 Å². The molecule has 3 heteroatoms. The molecule has 0 aliphatic carbocycles. The molecule has 0 amide bonds. The van der Waals surface area contributed by atoms with Gasteiger partial charge in [0.25, 0.3) is 0 Å². The minimum Gasteiger partial charge on any atom is -0.364 e. The van der Waals surface area contributed by atoms with E-state index >= 15 is 0 Å². The molecule has 0 aliphatic heterocycles. The first-order chi connectivity index (χ1) is 5.24. The van der Waals surface area contributed by atoms with E-state index in [1.54, 1.807) is 18.2 Å². The summed E-state index contributed by atoms with van der Waals surface area (Å²) in [6.45, 7) is 0. The van der Waals surface area contributed by atoms with E-state index in [0.717, 1.165) is 0 Å². The molecule has 0 spiro atoms. The lowest BCUT2D eigenvalue weighted by Gasteiger charge is -2.01. The smallest absolute Gasteiger partial charge is 0.178 e. The molecule has 1 aromatic carbocycles. The minimum atomic E-state index is -1.50. The number of rotatable bonds is 1. The molecule has 0 fully saturated rings. The van der Waals surface area contributed by atoms with Crippen molar-refractivity contribution in [2.24, 2.45) is 0 Å². The molecule has 0 radical (unpaired) electrons. The van der Waals surface area contributed by atoms with Crippen LogP contribution < -0.4 is 0 Å². The number of hydrogen-bond donors (Lipinski definition) is 2. The second kappa shape index (κ2) is 3.15. The zero-order valence-corrected chi connectivity index (χ0v) is 5.73. The molecule has 1 rings (SSSR count). The maximum absolute atomic E-state index is 8.69. The Morgan fingerprint density at radius 1 is 1.36 bits per heavy atom. The van der Waals surface area contributed by atoms with Gasteiger partial charge in [-0.3, -0.25) is 0 Å². The molecular formula is C8H7NO2. The van der Waals surface area contributed by atoms with E-state index in [4.69, 9.17) is 15.5 Å². The van der Waals surface area contributed by atoms with Gasteiger partial charge in [0.1, 0.15) is 0 Å². The summed E-state index contributed by atoms with van der Waals surface area (Å²) in [6, 6.07) is 8.09. The van der Waals surface area contributed by atoms with Gasteiger partial charge >= 0.3 is 0 Å². The monoisotopic (exact) mass is 149 g/mol. The van der Waals surface area contributed by atoms with Crippen molar-refractivity contribution >= 4 is 0 Å². The Kier molecular flexibility index (Phi) is 2.21. The highest BCUT2D eigenvalue weighted by Gasteiger charge is 2.01. The van der Waals surface area contributed by atoms with Gasteiger partial charge in [0.2, 0.25) is 0 Å². The summed E-state index contributed by atoms with van der Waals surface area (Å²) in [4.78, 5) is 0. The molecule has 0 saturated heterocycles. The van der Waals surface area contributed by atoms with Crippen molar-refractivity contribution in [3.05, 3.63) is 35.4 Å². The fourth-order valence-electron chi connectivity index (χ4n) is 0.769. The van der Waals surface area contributed by atoms with Crippen molar-refractivity contribution in [3.8, 4) is 6.07 Å². The lowest BCUT2D eigenvalue weighted by atomic mass is 10.1. The Bertz CT molecular complexity index is 288. The SMILES string of the molecule is N#Cc1cccc(C(O)O)c1. The number of benzene rings is 1. The molecule has 3 nitrogen and oxygen atoms in total. The van der Waals surface area contributed by atoms with Crippen LogP contribution in [0.15, 0.2) is 24.3 Å². The Hall–Kier alpha value is -1.37. The average Bonchev–Trinajstić information content (AvgIpc) is 2.05. The summed E-state index contributed by atoms with van der Waals surface area (Å²) in [5.74, 6) is 0. The van der Waals surface area contributed by atoms with Crippen LogP contribution in [0.5, 0.6) is 0 Å². The first-order valence-electron chi connectivity index (χ1n) is 3.10. The van der Waals surface area contributed by atoms with Crippen molar-refractivity contribution in [1.82, 2.24) is 0 Å². The summed E-state index contributed by atoms with van der Waals surface area (Å²) >= 11 is 0. The number of aliphatic hydroxyl groups excluding tert-OH is 1. The van der Waals surface area contributed by atoms with E-state index in [0.29, 0.717) is 11.1 Å². The molecule has 1 aromatic rings. The van der Waals surface area contributed by atoms with Crippen molar-refractivity contribution in [3.63, 3.8) is 0 Å². The molecule has 0 saturated carbocycles. The zero-order valence-electron chi connectivity index (χ0n) is 5.73. The Balaban J connectivity index is 3.03. The second-order valence-corrected chi connectivity index (χ2v) is 2.11. The first kappa shape index (κ1) is 7.73. The molecule has 2 N–H and O–H groups in total. The molecule has 0 bridgehead atoms. The highest BCUT2D eigenvalue weighted by Crippen LogP contribution is 2.10. The topological polar surface area (TPSA) is 64.2 Å². The standard InChI is InChI=1S/C8H7NO2/c9-5-6-2-1-3-7(4-6)8(10)11/h1-4,8,10-11H. The fourth-order valence-corrected chi connectivity index (χ4v) is 0.769. The van der Waals surface area contributed by atoms with Gasteiger partial charge in [-0.15, -0.1) is 0 Å². The van der Waals surface area contributed by atoms with Crippen molar-refractivity contribution < 1.29 is 10.2 Å². The van der Waals surface area contributed by atoms with Gasteiger partial charge < -0.3 is 10.2 Å². The van der Waals surface area contributed by atoms with Crippen LogP contribution in [-0.4, -0.2) is 10.2 Å². The summed E-state index contributed by atoms with van der Waals surface area (Å²) in [6.07, 6.45) is -1.50. The molecule has 56 valence electrons. The third-order valence-corrected chi connectivity index (χ3v) is 1.31. The summed E-state index contributed by atoms with van der Waals surface area (Å²) < 4.78 is 0. The number of aliphatic hydroxyl groups is 2. The van der Waals surface area contributed by atoms with Gasteiger partial charge in [0, 0.05) is 5.56 Å². The Morgan fingerprint density at radius 3 is 2.64 bits per heavy atom. The van der Waals surface area contributed by atoms with E-state index in [1.165, 1.54) is 6.07 Å². The van der Waals surface area contributed by atoms with Crippen LogP contribution in [0.3, 0.4) is 0 Å². The van der Waals surface area contributed by atoms with Crippen LogP contribution in [0.2, 0.25) is 0 Å². The van der Waals surface area contributed by atoms with E-state index < -0.39 is 6.29 Å². The summed E-state index contributed by atoms with van der Waals surface area (Å²) in [7, 11) is 0. The number of nitrogens with zero attached hydrogens (tertiary/aromatic N) is 1. The summed E-state index contributed by atoms with van der Waals surface area (Å²) in [5.41, 5.74) is 0.764. The Labute approximate surface area is 64.1 Å². The van der Waals surface area contributed by atoms with Gasteiger partial charge in [-0.1, -0.05) is 12.1 Å². The quantitative estimate of drug-likeness (QED) is 0.573. The van der Waals surface area contributed by atoms with Crippen molar-refractivity contribution in [1.29, 1.82) is 5.26 Å². The molecule has 11 heavy (non-hydrogen) atoms. The van der Waals surface area contributed by atoms with Crippen LogP contribution in [0.1, 0.15) is 17.4 Å². The van der Waals surface area contributed by atoms with E-state index in [9.17, 15) is 0 Å². The van der Waals surface area contributed by atoms with Gasteiger partial charge in [-0.25, -0.2) is 0 Å². The number of hydrogen-bond acceptors (Lipinski definition) is 3. The lowest BCUT2D eigenvalue weighted by molar-refractivity contribution is -0.0424. The third-order valence-electron chi connectivity index (χ3n) is 1.31. The van der Waals surface area contributed by atoms with Gasteiger partial charge in [0.05, 0.1) is 11.6 Å². The third kappa shape index (κ3) is 1.77. The van der Waals surface area contributed by atoms with Crippen molar-refractivity contribution in [2.45, 2.75) is 6.29 Å². The first-order valence-corrected chi connectivity index (χ1v) is 3.10. The number of nitriles is 1. The largest absolute Gasteiger partial charge is 0.364 e. The predicted octanol–water partition coefficient (Wildman–Crippen LogP) is 0.541. The van der Waals surface area contributed by atoms with E-state index in [2.05, 4.69) is 0 Å². The zero-order chi connectivity index (χ0) is 8.27. The molecule has 0 unspecified atom stereocenters. The van der Waals surface area contributed by atoms with Crippen LogP contribution in [0.25, 0.3) is 0 Å². The van der Waals surface area contributed by atoms with Gasteiger partial charge in [-0.2, -0.15) is 5.26 Å². The molecule has 0 atom stereocenters. The van der Waals surface area contributed by atoms with Crippen LogP contribution in [0.4, 0.5) is 0 Å². The lowest BCUT2D eigenvalue weighted by Crippen LogP contribution is -1.94. The van der Waals surface area contributed by atoms with E-state index in [1.807, 2.05) is 6.07 Å². The van der Waals surface area contributed by atoms with E-state index in [-0.39, 0.29) is 0 Å². The molecule has 0 heterocycles. The molecular weight excluding hydrogens is 142 g/mol. The predicted molar refractivity (Wildman–Crippen MR) is 38.3 cm³/mol. The Morgan fingerprint density at radius 2 is 2.09 bits per heavy atom. The minimum absolute atomic E-state index is 0.337.